The first-order valence-electron chi connectivity index (χ1n) is 4.06. The molecule has 0 radical (unpaired) electrons. The van der Waals surface area contributed by atoms with Crippen LogP contribution in [0.4, 0.5) is 22.0 Å². The van der Waals surface area contributed by atoms with Crippen LogP contribution >= 0.6 is 0 Å². The van der Waals surface area contributed by atoms with Crippen molar-refractivity contribution in [2.75, 3.05) is 0 Å². The lowest BCUT2D eigenvalue weighted by atomic mass is 10.1. The van der Waals surface area contributed by atoms with Crippen LogP contribution in [0.5, 0.6) is 0 Å². The smallest absolute Gasteiger partial charge is 0.284 e. The molecule has 0 heterocycles. The molecule has 0 aliphatic rings. The maximum atomic E-state index is 13.1. The Bertz CT molecular complexity index is 450. The average Bonchev–Trinajstić information content (AvgIpc) is 2.23. The van der Waals surface area contributed by atoms with Crippen molar-refractivity contribution in [1.29, 1.82) is 0 Å². The van der Waals surface area contributed by atoms with Crippen molar-refractivity contribution in [2.24, 2.45) is 0 Å². The molecule has 2 atom stereocenters. The molecule has 0 bridgehead atoms. The van der Waals surface area contributed by atoms with E-state index < -0.39 is 52.1 Å². The molecule has 0 aliphatic heterocycles. The standard InChI is InChI=1S/C8H5F5O3S/c1-2(16-17(14)15)3-4(9)6(11)8(13)7(12)5(3)10/h2H,1H3,(H,14,15). The normalized spacial score (nSPS) is 14.8. The lowest BCUT2D eigenvalue weighted by Crippen LogP contribution is -2.12. The highest BCUT2D eigenvalue weighted by molar-refractivity contribution is 7.74. The van der Waals surface area contributed by atoms with Gasteiger partial charge in [-0.2, -0.15) is 4.21 Å². The summed E-state index contributed by atoms with van der Waals surface area (Å²) in [4.78, 5) is 0. The summed E-state index contributed by atoms with van der Waals surface area (Å²) in [6.07, 6.45) is -1.77. The summed E-state index contributed by atoms with van der Waals surface area (Å²) in [5.41, 5.74) is -1.30. The van der Waals surface area contributed by atoms with Gasteiger partial charge >= 0.3 is 11.4 Å². The largest absolute Gasteiger partial charge is 0.302 e. The molecule has 0 aliphatic carbocycles. The Kier molecular flexibility index (Phi) is 4.17. The van der Waals surface area contributed by atoms with Crippen LogP contribution in [0.25, 0.3) is 0 Å². The van der Waals surface area contributed by atoms with Crippen molar-refractivity contribution in [3.8, 4) is 0 Å². The number of rotatable bonds is 3. The fraction of sp³-hybridized carbons (Fsp3) is 0.250. The van der Waals surface area contributed by atoms with E-state index in [0.29, 0.717) is 0 Å². The Balaban J connectivity index is 3.38. The topological polar surface area (TPSA) is 46.5 Å². The van der Waals surface area contributed by atoms with Gasteiger partial charge < -0.3 is 0 Å². The summed E-state index contributed by atoms with van der Waals surface area (Å²) in [7, 11) is 0. The zero-order valence-corrected chi connectivity index (χ0v) is 8.96. The third kappa shape index (κ3) is 2.61. The molecule has 96 valence electrons. The van der Waals surface area contributed by atoms with Gasteiger partial charge in [-0.05, 0) is 6.92 Å². The Morgan fingerprint density at radius 2 is 1.35 bits per heavy atom. The van der Waals surface area contributed by atoms with Crippen LogP contribution in [0.1, 0.15) is 18.6 Å². The van der Waals surface area contributed by atoms with Crippen LogP contribution < -0.4 is 0 Å². The maximum Gasteiger partial charge on any atom is 0.302 e. The second kappa shape index (κ2) is 5.07. The Morgan fingerprint density at radius 3 is 1.71 bits per heavy atom. The van der Waals surface area contributed by atoms with Gasteiger partial charge in [0.2, 0.25) is 5.82 Å². The monoisotopic (exact) mass is 276 g/mol. The van der Waals surface area contributed by atoms with Gasteiger partial charge in [-0.3, -0.25) is 8.74 Å². The van der Waals surface area contributed by atoms with E-state index >= 15 is 0 Å². The van der Waals surface area contributed by atoms with E-state index in [4.69, 9.17) is 4.55 Å². The van der Waals surface area contributed by atoms with E-state index in [1.807, 2.05) is 0 Å². The van der Waals surface area contributed by atoms with Gasteiger partial charge in [0, 0.05) is 0 Å². The molecule has 2 unspecified atom stereocenters. The van der Waals surface area contributed by atoms with Gasteiger partial charge in [0.1, 0.15) is 6.10 Å². The van der Waals surface area contributed by atoms with Crippen molar-refractivity contribution < 1.29 is 34.9 Å². The van der Waals surface area contributed by atoms with Crippen molar-refractivity contribution in [3.05, 3.63) is 34.6 Å². The maximum absolute atomic E-state index is 13.1. The Hall–Kier alpha value is -1.06. The van der Waals surface area contributed by atoms with Crippen LogP contribution in [-0.4, -0.2) is 8.76 Å². The zero-order valence-electron chi connectivity index (χ0n) is 8.14. The molecule has 0 spiro atoms. The SMILES string of the molecule is CC(OS(=O)O)c1c(F)c(F)c(F)c(F)c1F. The van der Waals surface area contributed by atoms with Crippen molar-refractivity contribution >= 4 is 11.4 Å². The minimum atomic E-state index is -2.90. The molecule has 0 saturated heterocycles. The highest BCUT2D eigenvalue weighted by atomic mass is 32.2. The van der Waals surface area contributed by atoms with Crippen molar-refractivity contribution in [1.82, 2.24) is 0 Å². The van der Waals surface area contributed by atoms with Crippen LogP contribution in [-0.2, 0) is 15.5 Å². The van der Waals surface area contributed by atoms with Crippen molar-refractivity contribution in [2.45, 2.75) is 13.0 Å². The molecule has 0 saturated carbocycles. The molecular weight excluding hydrogens is 271 g/mol. The molecule has 1 N–H and O–H groups in total. The summed E-state index contributed by atoms with van der Waals surface area (Å²) >= 11 is -2.90. The molecule has 1 aromatic carbocycles. The summed E-state index contributed by atoms with van der Waals surface area (Å²) < 4.78 is 86.9. The molecule has 17 heavy (non-hydrogen) atoms. The highest BCUT2D eigenvalue weighted by Crippen LogP contribution is 2.29. The first-order valence-corrected chi connectivity index (χ1v) is 5.09. The van der Waals surface area contributed by atoms with Crippen molar-refractivity contribution in [3.63, 3.8) is 0 Å². The second-order valence-corrected chi connectivity index (χ2v) is 3.57. The zero-order chi connectivity index (χ0) is 13.3. The minimum absolute atomic E-state index is 0.867. The predicted molar refractivity (Wildman–Crippen MR) is 46.5 cm³/mol. The molecule has 3 nitrogen and oxygen atoms in total. The van der Waals surface area contributed by atoms with E-state index in [2.05, 4.69) is 4.18 Å². The van der Waals surface area contributed by atoms with Gasteiger partial charge in [-0.15, -0.1) is 0 Å². The van der Waals surface area contributed by atoms with E-state index in [1.54, 1.807) is 0 Å². The van der Waals surface area contributed by atoms with Gasteiger partial charge in [0.25, 0.3) is 0 Å². The van der Waals surface area contributed by atoms with Crippen LogP contribution in [0.3, 0.4) is 0 Å². The lowest BCUT2D eigenvalue weighted by Gasteiger charge is -2.13. The lowest BCUT2D eigenvalue weighted by molar-refractivity contribution is 0.210. The van der Waals surface area contributed by atoms with Crippen LogP contribution in [0.15, 0.2) is 0 Å². The van der Waals surface area contributed by atoms with Gasteiger partial charge in [-0.1, -0.05) is 0 Å². The van der Waals surface area contributed by atoms with E-state index in [0.717, 1.165) is 6.92 Å². The highest BCUT2D eigenvalue weighted by Gasteiger charge is 2.29. The number of hydrogen-bond acceptors (Lipinski definition) is 2. The summed E-state index contributed by atoms with van der Waals surface area (Å²) in [5, 5.41) is 0. The summed E-state index contributed by atoms with van der Waals surface area (Å²) in [6, 6.07) is 0. The molecule has 9 heteroatoms. The van der Waals surface area contributed by atoms with E-state index in [-0.39, 0.29) is 0 Å². The average molecular weight is 276 g/mol. The molecule has 0 fully saturated rings. The van der Waals surface area contributed by atoms with Gasteiger partial charge in [-0.25, -0.2) is 22.0 Å². The molecule has 0 amide bonds. The van der Waals surface area contributed by atoms with E-state index in [1.165, 1.54) is 0 Å². The molecular formula is C8H5F5O3S. The summed E-state index contributed by atoms with van der Waals surface area (Å²) in [5.74, 6) is -10.8. The van der Waals surface area contributed by atoms with E-state index in [9.17, 15) is 26.2 Å². The quantitative estimate of drug-likeness (QED) is 0.399. The van der Waals surface area contributed by atoms with Gasteiger partial charge in [0.15, 0.2) is 23.3 Å². The van der Waals surface area contributed by atoms with Gasteiger partial charge in [0.05, 0.1) is 5.56 Å². The molecule has 0 aromatic heterocycles. The Morgan fingerprint density at radius 1 is 1.00 bits per heavy atom. The molecule has 1 rings (SSSR count). The fourth-order valence-corrected chi connectivity index (χ4v) is 1.49. The predicted octanol–water partition coefficient (Wildman–Crippen LogP) is 2.60. The number of halogens is 5. The third-order valence-corrected chi connectivity index (χ3v) is 2.33. The summed E-state index contributed by atoms with van der Waals surface area (Å²) in [6.45, 7) is 0.867. The minimum Gasteiger partial charge on any atom is -0.284 e. The number of benzene rings is 1. The first kappa shape index (κ1) is 14.0. The van der Waals surface area contributed by atoms with Crippen LogP contribution in [0, 0.1) is 29.1 Å². The third-order valence-electron chi connectivity index (χ3n) is 1.88. The first-order chi connectivity index (χ1) is 7.77. The molecule has 1 aromatic rings. The second-order valence-electron chi connectivity index (χ2n) is 2.94. The number of hydrogen-bond donors (Lipinski definition) is 1. The fourth-order valence-electron chi connectivity index (χ4n) is 1.15. The van der Waals surface area contributed by atoms with Crippen LogP contribution in [0.2, 0.25) is 0 Å². The Labute approximate surface area is 94.7 Å².